The number of carbonyl (C=O) groups excluding carboxylic acids is 2. The number of allylic oxidation sites excluding steroid dienone is 13. The van der Waals surface area contributed by atoms with Crippen molar-refractivity contribution in [2.24, 2.45) is 0 Å². The van der Waals surface area contributed by atoms with Crippen LogP contribution in [0.5, 0.6) is 0 Å². The molecule has 0 aliphatic heterocycles. The highest BCUT2D eigenvalue weighted by Gasteiger charge is 2.27. The summed E-state index contributed by atoms with van der Waals surface area (Å²) in [5.74, 6) is -0.579. The maximum absolute atomic E-state index is 13.6. The Kier molecular flexibility index (Phi) is 54.4. The van der Waals surface area contributed by atoms with E-state index in [0.29, 0.717) is 23.9 Å². The Morgan fingerprint density at radius 1 is 0.468 bits per heavy atom. The van der Waals surface area contributed by atoms with Crippen LogP contribution < -0.4 is 10.2 Å². The third-order valence-electron chi connectivity index (χ3n) is 13.8. The fourth-order valence-electron chi connectivity index (χ4n) is 8.90. The number of nitrogens with one attached hydrogen (secondary N) is 1. The van der Waals surface area contributed by atoms with Gasteiger partial charge in [-0.25, -0.2) is 0 Å². The molecule has 446 valence electrons. The van der Waals surface area contributed by atoms with Gasteiger partial charge in [0.2, 0.25) is 5.91 Å². The summed E-state index contributed by atoms with van der Waals surface area (Å²) in [6.07, 6.45) is 74.0. The number of esters is 1. The van der Waals surface area contributed by atoms with Crippen molar-refractivity contribution in [2.45, 2.75) is 290 Å². The van der Waals surface area contributed by atoms with Crippen LogP contribution in [0.1, 0.15) is 278 Å². The highest BCUT2D eigenvalue weighted by atomic mass is 31.2. The van der Waals surface area contributed by atoms with Crippen molar-refractivity contribution in [3.63, 3.8) is 0 Å². The third-order valence-corrected chi connectivity index (χ3v) is 14.8. The summed E-state index contributed by atoms with van der Waals surface area (Å²) in [7, 11) is 1.16. The lowest BCUT2D eigenvalue weighted by Crippen LogP contribution is -2.47. The summed E-state index contributed by atoms with van der Waals surface area (Å²) in [5.41, 5.74) is 0. The van der Waals surface area contributed by atoms with Crippen LogP contribution in [0.15, 0.2) is 85.1 Å². The topological polar surface area (TPSA) is 114 Å². The average molecular weight is 1100 g/mol. The molecule has 1 amide bonds. The lowest BCUT2D eigenvalue weighted by atomic mass is 10.0. The summed E-state index contributed by atoms with van der Waals surface area (Å²) in [4.78, 5) is 40.0. The Morgan fingerprint density at radius 2 is 0.831 bits per heavy atom. The fraction of sp³-hybridized carbons (Fsp3) is 0.761. The molecule has 3 unspecified atom stereocenters. The van der Waals surface area contributed by atoms with Crippen LogP contribution in [-0.4, -0.2) is 69.4 Å². The Labute approximate surface area is 476 Å². The van der Waals surface area contributed by atoms with Crippen LogP contribution >= 0.6 is 7.82 Å². The number of hydrogen-bond donors (Lipinski definition) is 1. The van der Waals surface area contributed by atoms with Gasteiger partial charge in [0.1, 0.15) is 19.3 Å². The van der Waals surface area contributed by atoms with Crippen LogP contribution in [0.3, 0.4) is 0 Å². The second-order valence-corrected chi connectivity index (χ2v) is 23.9. The molecule has 0 aromatic rings. The predicted octanol–water partition coefficient (Wildman–Crippen LogP) is 19.1. The van der Waals surface area contributed by atoms with Crippen molar-refractivity contribution in [2.75, 3.05) is 40.9 Å². The van der Waals surface area contributed by atoms with E-state index in [-0.39, 0.29) is 24.9 Å². The van der Waals surface area contributed by atoms with Gasteiger partial charge in [-0.3, -0.25) is 14.2 Å². The molecular weight excluding hydrogens is 976 g/mol. The quantitative estimate of drug-likeness (QED) is 0.0212. The van der Waals surface area contributed by atoms with Crippen molar-refractivity contribution >= 4 is 19.7 Å². The van der Waals surface area contributed by atoms with E-state index in [0.717, 1.165) is 96.3 Å². The van der Waals surface area contributed by atoms with E-state index < -0.39 is 26.6 Å². The molecule has 0 bridgehead atoms. The number of ether oxygens (including phenoxy) is 1. The van der Waals surface area contributed by atoms with Crippen LogP contribution in [0.4, 0.5) is 0 Å². The van der Waals surface area contributed by atoms with Gasteiger partial charge in [0.15, 0.2) is 0 Å². The number of rotatable bonds is 57. The van der Waals surface area contributed by atoms with Crippen molar-refractivity contribution < 1.29 is 37.3 Å². The summed E-state index contributed by atoms with van der Waals surface area (Å²) < 4.78 is 30.3. The maximum atomic E-state index is 13.6. The molecule has 0 saturated carbocycles. The van der Waals surface area contributed by atoms with Crippen molar-refractivity contribution in [1.82, 2.24) is 5.32 Å². The van der Waals surface area contributed by atoms with Crippen LogP contribution in [0, 0.1) is 0 Å². The highest BCUT2D eigenvalue weighted by molar-refractivity contribution is 7.45. The van der Waals surface area contributed by atoms with Crippen molar-refractivity contribution in [1.29, 1.82) is 0 Å². The largest absolute Gasteiger partial charge is 0.756 e. The normalized spacial score (nSPS) is 14.2. The molecule has 0 aromatic carbocycles. The van der Waals surface area contributed by atoms with Crippen molar-refractivity contribution in [3.8, 4) is 0 Å². The van der Waals surface area contributed by atoms with Gasteiger partial charge in [-0.15, -0.1) is 0 Å². The van der Waals surface area contributed by atoms with Gasteiger partial charge in [-0.05, 0) is 102 Å². The summed E-state index contributed by atoms with van der Waals surface area (Å²) in [5, 5.41) is 3.02. The minimum absolute atomic E-state index is 0.0311. The molecule has 0 spiro atoms. The van der Waals surface area contributed by atoms with Gasteiger partial charge in [0, 0.05) is 12.8 Å². The van der Waals surface area contributed by atoms with Gasteiger partial charge in [-0.2, -0.15) is 0 Å². The number of phosphoric acid groups is 1. The van der Waals surface area contributed by atoms with Crippen LogP contribution in [-0.2, 0) is 27.9 Å². The summed E-state index contributed by atoms with van der Waals surface area (Å²) in [6.45, 7) is 6.71. The standard InChI is InChI=1S/C67H121N2O7P/c1-7-10-13-16-19-22-25-28-30-32-34-36-38-41-44-47-50-53-56-59-66(70)68-64(63-75-77(72,73)74-62-61-69(4,5)6)65(58-55-52-49-46-43-40-27-24-21-18-15-12-9-3)76-67(71)60-57-54-51-48-45-42-39-37-35-33-31-29-26-23-20-17-14-11-8-2/h11,14,20,23,28-31,35,37,42,45,55,58,64-65H,7-10,12-13,15-19,21-22,24-27,32-34,36,38-41,43-44,46-54,56-57,59-63H2,1-6H3,(H-,68,70,72,73)/b14-11-,23-20-,30-28+,31-29-,37-35-,45-42-,58-55+. The number of hydrogen-bond acceptors (Lipinski definition) is 7. The zero-order valence-corrected chi connectivity index (χ0v) is 51.8. The second-order valence-electron chi connectivity index (χ2n) is 22.5. The molecular formula is C67H121N2O7P. The Bertz CT molecular complexity index is 1590. The van der Waals surface area contributed by atoms with Crippen LogP contribution in [0.2, 0.25) is 0 Å². The number of nitrogens with zero attached hydrogens (tertiary/aromatic N) is 1. The van der Waals surface area contributed by atoms with E-state index in [1.807, 2.05) is 33.3 Å². The highest BCUT2D eigenvalue weighted by Crippen LogP contribution is 2.38. The van der Waals surface area contributed by atoms with E-state index in [9.17, 15) is 19.0 Å². The number of amides is 1. The first-order valence-corrected chi connectivity index (χ1v) is 33.4. The third kappa shape index (κ3) is 57.7. The zero-order valence-electron chi connectivity index (χ0n) is 50.9. The molecule has 10 heteroatoms. The molecule has 9 nitrogen and oxygen atoms in total. The Morgan fingerprint density at radius 3 is 1.27 bits per heavy atom. The SMILES string of the molecule is CC/C=C\C/C=C\C/C=C\C/C=C\C/C=C\CCCCCC(=O)OC(/C=C/CCCCCCCCCCCCC)C(COP(=O)([O-])OCC[N+](C)(C)C)NC(=O)CCCCCCCCCCC/C=C/CCCCCCCC. The number of quaternary nitrogens is 1. The minimum Gasteiger partial charge on any atom is -0.756 e. The number of likely N-dealkylation sites (N-methyl/N-ethyl adjacent to an activating group) is 1. The maximum Gasteiger partial charge on any atom is 0.306 e. The molecule has 0 rings (SSSR count). The summed E-state index contributed by atoms with van der Waals surface area (Å²) in [6, 6.07) is -0.907. The molecule has 77 heavy (non-hydrogen) atoms. The Balaban J connectivity index is 5.33. The van der Waals surface area contributed by atoms with E-state index in [1.165, 1.54) is 141 Å². The van der Waals surface area contributed by atoms with E-state index in [2.05, 4.69) is 99.0 Å². The predicted molar refractivity (Wildman–Crippen MR) is 330 cm³/mol. The number of unbranched alkanes of at least 4 members (excludes halogenated alkanes) is 29. The number of carbonyl (C=O) groups is 2. The number of phosphoric ester groups is 1. The van der Waals surface area contributed by atoms with E-state index >= 15 is 0 Å². The van der Waals surface area contributed by atoms with Gasteiger partial charge < -0.3 is 28.5 Å². The average Bonchev–Trinajstić information content (AvgIpc) is 3.39. The summed E-state index contributed by atoms with van der Waals surface area (Å²) >= 11 is 0. The molecule has 0 aromatic heterocycles. The molecule has 0 radical (unpaired) electrons. The smallest absolute Gasteiger partial charge is 0.306 e. The van der Waals surface area contributed by atoms with Gasteiger partial charge >= 0.3 is 5.97 Å². The first kappa shape index (κ1) is 74.2. The first-order valence-electron chi connectivity index (χ1n) is 31.9. The lowest BCUT2D eigenvalue weighted by molar-refractivity contribution is -0.870. The van der Waals surface area contributed by atoms with E-state index in [4.69, 9.17) is 13.8 Å². The molecule has 0 aliphatic rings. The molecule has 0 saturated heterocycles. The molecule has 0 heterocycles. The first-order chi connectivity index (χ1) is 37.4. The van der Waals surface area contributed by atoms with Crippen LogP contribution in [0.25, 0.3) is 0 Å². The molecule has 3 atom stereocenters. The monoisotopic (exact) mass is 1100 g/mol. The van der Waals surface area contributed by atoms with Gasteiger partial charge in [-0.1, -0.05) is 247 Å². The second kappa shape index (κ2) is 56.5. The fourth-order valence-corrected chi connectivity index (χ4v) is 9.62. The van der Waals surface area contributed by atoms with Crippen molar-refractivity contribution in [3.05, 3.63) is 85.1 Å². The molecule has 0 aliphatic carbocycles. The lowest BCUT2D eigenvalue weighted by Gasteiger charge is -2.30. The molecule has 1 N–H and O–H groups in total. The Hall–Kier alpha value is -2.81. The zero-order chi connectivity index (χ0) is 56.4. The van der Waals surface area contributed by atoms with E-state index in [1.54, 1.807) is 0 Å². The molecule has 0 fully saturated rings. The van der Waals surface area contributed by atoms with Gasteiger partial charge in [0.25, 0.3) is 7.82 Å². The van der Waals surface area contributed by atoms with Gasteiger partial charge in [0.05, 0.1) is 33.8 Å². The minimum atomic E-state index is -4.71.